The number of hydrogen-bond donors (Lipinski definition) is 0. The third kappa shape index (κ3) is 12.0. The van der Waals surface area contributed by atoms with Gasteiger partial charge in [-0.25, -0.2) is 0 Å². The van der Waals surface area contributed by atoms with Gasteiger partial charge in [0.15, 0.2) is 0 Å². The molecule has 0 aromatic heterocycles. The fraction of sp³-hybridized carbons (Fsp3) is 0.545. The van der Waals surface area contributed by atoms with Gasteiger partial charge in [0.2, 0.25) is 0 Å². The van der Waals surface area contributed by atoms with Crippen LogP contribution in [0.4, 0.5) is 11.4 Å². The smallest absolute Gasteiger partial charge is 0.0642 e. The zero-order valence-electron chi connectivity index (χ0n) is 30.4. The van der Waals surface area contributed by atoms with Gasteiger partial charge >= 0.3 is 0 Å². The molecule has 2 nitrogen and oxygen atoms in total. The maximum absolute atomic E-state index is 5.21. The molecule has 0 spiro atoms. The predicted octanol–water partition coefficient (Wildman–Crippen LogP) is 13.7. The highest BCUT2D eigenvalue weighted by Gasteiger charge is 2.13. The maximum atomic E-state index is 5.21. The fourth-order valence-corrected chi connectivity index (χ4v) is 6.67. The van der Waals surface area contributed by atoms with Crippen molar-refractivity contribution in [3.8, 4) is 11.1 Å². The van der Waals surface area contributed by atoms with Crippen LogP contribution < -0.4 is 0 Å². The van der Waals surface area contributed by atoms with Crippen molar-refractivity contribution in [2.45, 2.75) is 157 Å². The zero-order chi connectivity index (χ0) is 33.0. The summed E-state index contributed by atoms with van der Waals surface area (Å²) in [4.78, 5) is 10.3. The monoisotopic (exact) mass is 621 g/mol. The van der Waals surface area contributed by atoms with Crippen molar-refractivity contribution in [1.29, 1.82) is 0 Å². The molecule has 0 saturated carbocycles. The lowest BCUT2D eigenvalue weighted by Crippen LogP contribution is -2.02. The number of rotatable bonds is 22. The molecule has 0 saturated heterocycles. The average molecular weight is 621 g/mol. The van der Waals surface area contributed by atoms with Crippen molar-refractivity contribution in [1.82, 2.24) is 0 Å². The Kier molecular flexibility index (Phi) is 17.7. The predicted molar refractivity (Wildman–Crippen MR) is 206 cm³/mol. The first kappa shape index (κ1) is 37.5. The molecule has 0 heterocycles. The molecule has 0 atom stereocenters. The molecule has 0 fully saturated rings. The molecule has 0 aliphatic rings. The highest BCUT2D eigenvalue weighted by Crippen LogP contribution is 2.34. The Morgan fingerprint density at radius 3 is 1.76 bits per heavy atom. The molecular weight excluding hydrogens is 556 g/mol. The van der Waals surface area contributed by atoms with Gasteiger partial charge in [-0.3, -0.25) is 9.98 Å². The van der Waals surface area contributed by atoms with E-state index in [2.05, 4.69) is 96.1 Å². The first-order valence-electron chi connectivity index (χ1n) is 19.1. The molecule has 0 N–H and O–H groups in total. The van der Waals surface area contributed by atoms with Crippen molar-refractivity contribution < 1.29 is 0 Å². The van der Waals surface area contributed by atoms with Crippen LogP contribution in [0.3, 0.4) is 0 Å². The van der Waals surface area contributed by atoms with E-state index in [1.165, 1.54) is 117 Å². The SMILES string of the molecule is CCCCCCCCc1c(CC)cc(N=CC(CC)=Nc2cc(CC)c(CCCCCC)c(-c3ccccc3)c2)cc1CCCC. The van der Waals surface area contributed by atoms with Gasteiger partial charge in [0, 0.05) is 6.21 Å². The van der Waals surface area contributed by atoms with Crippen LogP contribution in [-0.4, -0.2) is 11.9 Å². The van der Waals surface area contributed by atoms with Crippen molar-refractivity contribution >= 4 is 23.3 Å². The highest BCUT2D eigenvalue weighted by atomic mass is 14.8. The van der Waals surface area contributed by atoms with Crippen LogP contribution in [0.2, 0.25) is 0 Å². The summed E-state index contributed by atoms with van der Waals surface area (Å²) in [6.45, 7) is 13.7. The Morgan fingerprint density at radius 1 is 0.543 bits per heavy atom. The minimum Gasteiger partial charge on any atom is -0.255 e. The van der Waals surface area contributed by atoms with E-state index in [-0.39, 0.29) is 0 Å². The number of hydrogen-bond acceptors (Lipinski definition) is 2. The topological polar surface area (TPSA) is 24.7 Å². The molecule has 46 heavy (non-hydrogen) atoms. The second kappa shape index (κ2) is 21.7. The first-order valence-corrected chi connectivity index (χ1v) is 19.1. The van der Waals surface area contributed by atoms with E-state index in [1.54, 1.807) is 5.56 Å². The van der Waals surface area contributed by atoms with E-state index in [4.69, 9.17) is 9.98 Å². The van der Waals surface area contributed by atoms with Crippen LogP contribution in [0.25, 0.3) is 11.1 Å². The van der Waals surface area contributed by atoms with Gasteiger partial charge in [0.1, 0.15) is 0 Å². The summed E-state index contributed by atoms with van der Waals surface area (Å²) in [5.41, 5.74) is 13.3. The summed E-state index contributed by atoms with van der Waals surface area (Å²) >= 11 is 0. The van der Waals surface area contributed by atoms with Gasteiger partial charge < -0.3 is 0 Å². The van der Waals surface area contributed by atoms with E-state index in [9.17, 15) is 0 Å². The molecular formula is C44H64N2. The van der Waals surface area contributed by atoms with Gasteiger partial charge in [-0.1, -0.05) is 130 Å². The fourth-order valence-electron chi connectivity index (χ4n) is 6.67. The standard InChI is InChI=1S/C44H64N2/c1-7-13-16-18-19-24-28-42-35(10-4)30-40(32-38(42)25-15-9-3)45-34-39(12-6)46-41-31-36(11-5)43(29-23-17-14-8-2)44(33-41)37-26-21-20-22-27-37/h20-22,26-27,30-34H,7-19,23-25,28-29H2,1-6H3. The summed E-state index contributed by atoms with van der Waals surface area (Å²) in [7, 11) is 0. The van der Waals surface area contributed by atoms with Crippen LogP contribution in [0.15, 0.2) is 64.6 Å². The molecule has 0 unspecified atom stereocenters. The lowest BCUT2D eigenvalue weighted by Gasteiger charge is -2.17. The number of unbranched alkanes of at least 4 members (excludes halogenated alkanes) is 9. The largest absolute Gasteiger partial charge is 0.255 e. The number of nitrogens with zero attached hydrogens (tertiary/aromatic N) is 2. The van der Waals surface area contributed by atoms with Crippen LogP contribution in [0.5, 0.6) is 0 Å². The molecule has 0 amide bonds. The molecule has 0 bridgehead atoms. The lowest BCUT2D eigenvalue weighted by molar-refractivity contribution is 0.605. The Morgan fingerprint density at radius 2 is 1.11 bits per heavy atom. The Labute approximate surface area is 283 Å². The lowest BCUT2D eigenvalue weighted by atomic mass is 9.90. The third-order valence-corrected chi connectivity index (χ3v) is 9.45. The van der Waals surface area contributed by atoms with Crippen molar-refractivity contribution in [2.75, 3.05) is 0 Å². The molecule has 3 rings (SSSR count). The van der Waals surface area contributed by atoms with E-state index in [1.807, 2.05) is 6.21 Å². The quantitative estimate of drug-likeness (QED) is 0.0788. The van der Waals surface area contributed by atoms with Crippen LogP contribution in [-0.2, 0) is 32.1 Å². The van der Waals surface area contributed by atoms with E-state index in [0.717, 1.165) is 49.2 Å². The molecule has 3 aromatic carbocycles. The molecule has 0 aliphatic heterocycles. The minimum absolute atomic E-state index is 0.851. The molecule has 0 aliphatic carbocycles. The molecule has 250 valence electrons. The van der Waals surface area contributed by atoms with Crippen LogP contribution in [0, 0.1) is 0 Å². The number of aliphatic imine (C=N–C) groups is 2. The molecule has 0 radical (unpaired) electrons. The molecule has 2 heteroatoms. The summed E-state index contributed by atoms with van der Waals surface area (Å²) in [5, 5.41) is 0. The van der Waals surface area contributed by atoms with Crippen molar-refractivity contribution in [2.24, 2.45) is 9.98 Å². The Bertz CT molecular complexity index is 1350. The maximum Gasteiger partial charge on any atom is 0.0642 e. The van der Waals surface area contributed by atoms with E-state index >= 15 is 0 Å². The summed E-state index contributed by atoms with van der Waals surface area (Å²) < 4.78 is 0. The minimum atomic E-state index is 0.851. The normalized spacial score (nSPS) is 12.0. The second-order valence-corrected chi connectivity index (χ2v) is 13.1. The van der Waals surface area contributed by atoms with Gasteiger partial charge in [-0.15, -0.1) is 0 Å². The summed E-state index contributed by atoms with van der Waals surface area (Å²) in [6.07, 6.45) is 24.1. The number of benzene rings is 3. The van der Waals surface area contributed by atoms with Crippen molar-refractivity contribution in [3.05, 3.63) is 82.4 Å². The van der Waals surface area contributed by atoms with E-state index in [0.29, 0.717) is 0 Å². The highest BCUT2D eigenvalue weighted by molar-refractivity contribution is 6.31. The summed E-state index contributed by atoms with van der Waals surface area (Å²) in [6, 6.07) is 20.3. The zero-order valence-corrected chi connectivity index (χ0v) is 30.4. The van der Waals surface area contributed by atoms with Gasteiger partial charge in [0.05, 0.1) is 17.1 Å². The van der Waals surface area contributed by atoms with Crippen LogP contribution >= 0.6 is 0 Å². The second-order valence-electron chi connectivity index (χ2n) is 13.1. The Hall–Kier alpha value is -3.00. The van der Waals surface area contributed by atoms with E-state index < -0.39 is 0 Å². The summed E-state index contributed by atoms with van der Waals surface area (Å²) in [5.74, 6) is 0. The average Bonchev–Trinajstić information content (AvgIpc) is 3.09. The van der Waals surface area contributed by atoms with Crippen molar-refractivity contribution in [3.63, 3.8) is 0 Å². The Balaban J connectivity index is 1.92. The van der Waals surface area contributed by atoms with Gasteiger partial charge in [0.25, 0.3) is 0 Å². The first-order chi connectivity index (χ1) is 22.6. The van der Waals surface area contributed by atoms with Crippen LogP contribution in [0.1, 0.15) is 153 Å². The van der Waals surface area contributed by atoms with Gasteiger partial charge in [-0.05, 0) is 121 Å². The third-order valence-electron chi connectivity index (χ3n) is 9.45. The number of aryl methyl sites for hydroxylation is 3. The van der Waals surface area contributed by atoms with Gasteiger partial charge in [-0.2, -0.15) is 0 Å². The molecule has 3 aromatic rings.